The van der Waals surface area contributed by atoms with E-state index in [0.29, 0.717) is 5.69 Å². The third kappa shape index (κ3) is 4.20. The number of nitro groups is 1. The van der Waals surface area contributed by atoms with Crippen molar-refractivity contribution in [1.82, 2.24) is 0 Å². The number of halogens is 1. The molecule has 1 aliphatic rings. The van der Waals surface area contributed by atoms with Crippen molar-refractivity contribution in [3.63, 3.8) is 0 Å². The first-order valence-corrected chi connectivity index (χ1v) is 8.03. The zero-order valence-corrected chi connectivity index (χ0v) is 13.4. The van der Waals surface area contributed by atoms with Crippen LogP contribution in [0, 0.1) is 22.0 Å². The van der Waals surface area contributed by atoms with Crippen LogP contribution >= 0.6 is 15.9 Å². The Hall–Kier alpha value is -1.10. The van der Waals surface area contributed by atoms with Gasteiger partial charge >= 0.3 is 0 Å². The molecular formula is C15H21BrN2O2. The van der Waals surface area contributed by atoms with Crippen LogP contribution in [0.5, 0.6) is 0 Å². The monoisotopic (exact) mass is 340 g/mol. The molecule has 1 N–H and O–H groups in total. The van der Waals surface area contributed by atoms with Crippen molar-refractivity contribution in [2.24, 2.45) is 11.8 Å². The molecule has 0 aliphatic heterocycles. The zero-order valence-electron chi connectivity index (χ0n) is 11.8. The van der Waals surface area contributed by atoms with Crippen LogP contribution in [0.3, 0.4) is 0 Å². The summed E-state index contributed by atoms with van der Waals surface area (Å²) in [6.45, 7) is 3.12. The molecule has 1 saturated carbocycles. The van der Waals surface area contributed by atoms with Crippen LogP contribution in [-0.4, -0.2) is 11.5 Å². The number of rotatable bonds is 5. The average Bonchev–Trinajstić information content (AvgIpc) is 2.40. The van der Waals surface area contributed by atoms with Crippen LogP contribution in [0.25, 0.3) is 0 Å². The highest BCUT2D eigenvalue weighted by Gasteiger charge is 2.19. The Kier molecular flexibility index (Phi) is 5.40. The summed E-state index contributed by atoms with van der Waals surface area (Å²) in [7, 11) is 0. The molecule has 0 bridgehead atoms. The Balaban J connectivity index is 1.89. The predicted molar refractivity (Wildman–Crippen MR) is 85.0 cm³/mol. The van der Waals surface area contributed by atoms with E-state index in [9.17, 15) is 10.1 Å². The molecule has 5 heteroatoms. The number of anilines is 1. The summed E-state index contributed by atoms with van der Waals surface area (Å²) < 4.78 is 0.732. The Bertz CT molecular complexity index is 479. The molecular weight excluding hydrogens is 320 g/mol. The number of hydrogen-bond donors (Lipinski definition) is 1. The minimum Gasteiger partial charge on any atom is -0.379 e. The Morgan fingerprint density at radius 1 is 1.45 bits per heavy atom. The summed E-state index contributed by atoms with van der Waals surface area (Å²) in [6, 6.07) is 5.15. The molecule has 2 rings (SSSR count). The molecule has 110 valence electrons. The third-order valence-electron chi connectivity index (χ3n) is 4.07. The molecule has 1 aromatic rings. The molecule has 0 spiro atoms. The van der Waals surface area contributed by atoms with Crippen molar-refractivity contribution < 1.29 is 4.92 Å². The first-order valence-electron chi connectivity index (χ1n) is 7.24. The Morgan fingerprint density at radius 2 is 2.25 bits per heavy atom. The van der Waals surface area contributed by atoms with Gasteiger partial charge in [0.2, 0.25) is 0 Å². The SMILES string of the molecule is CC1CCCC(CCNc2ccc(Br)cc2[N+](=O)[O-])C1. The molecule has 2 unspecified atom stereocenters. The van der Waals surface area contributed by atoms with Gasteiger partial charge in [0, 0.05) is 17.1 Å². The molecule has 4 nitrogen and oxygen atoms in total. The van der Waals surface area contributed by atoms with Crippen molar-refractivity contribution in [2.75, 3.05) is 11.9 Å². The fourth-order valence-electron chi connectivity index (χ4n) is 3.04. The summed E-state index contributed by atoms with van der Waals surface area (Å²) in [5, 5.41) is 14.2. The topological polar surface area (TPSA) is 55.2 Å². The Morgan fingerprint density at radius 3 is 2.95 bits per heavy atom. The molecule has 1 aliphatic carbocycles. The highest BCUT2D eigenvalue weighted by Crippen LogP contribution is 2.31. The van der Waals surface area contributed by atoms with Crippen molar-refractivity contribution in [1.29, 1.82) is 0 Å². The van der Waals surface area contributed by atoms with Crippen LogP contribution in [-0.2, 0) is 0 Å². The van der Waals surface area contributed by atoms with Gasteiger partial charge in [0.15, 0.2) is 0 Å². The van der Waals surface area contributed by atoms with E-state index in [2.05, 4.69) is 28.2 Å². The maximum Gasteiger partial charge on any atom is 0.293 e. The van der Waals surface area contributed by atoms with Crippen LogP contribution < -0.4 is 5.32 Å². The number of hydrogen-bond acceptors (Lipinski definition) is 3. The predicted octanol–water partition coefficient (Wildman–Crippen LogP) is 4.99. The van der Waals surface area contributed by atoms with Gasteiger partial charge < -0.3 is 5.32 Å². The standard InChI is InChI=1S/C15H21BrN2O2/c1-11-3-2-4-12(9-11)7-8-17-14-6-5-13(16)10-15(14)18(19)20/h5-6,10-12,17H,2-4,7-9H2,1H3. The average molecular weight is 341 g/mol. The maximum atomic E-state index is 11.0. The van der Waals surface area contributed by atoms with E-state index in [0.717, 1.165) is 29.3 Å². The van der Waals surface area contributed by atoms with E-state index < -0.39 is 0 Å². The minimum absolute atomic E-state index is 0.136. The number of nitrogens with one attached hydrogen (secondary N) is 1. The lowest BCUT2D eigenvalue weighted by atomic mass is 9.81. The van der Waals surface area contributed by atoms with Gasteiger partial charge in [-0.3, -0.25) is 10.1 Å². The first kappa shape index (κ1) is 15.3. The molecule has 0 saturated heterocycles. The third-order valence-corrected chi connectivity index (χ3v) is 4.56. The summed E-state index contributed by atoms with van der Waals surface area (Å²) >= 11 is 3.27. The summed E-state index contributed by atoms with van der Waals surface area (Å²) in [4.78, 5) is 10.7. The lowest BCUT2D eigenvalue weighted by molar-refractivity contribution is -0.384. The normalized spacial score (nSPS) is 22.5. The number of nitro benzene ring substituents is 1. The summed E-state index contributed by atoms with van der Waals surface area (Å²) in [5.41, 5.74) is 0.749. The molecule has 0 aromatic heterocycles. The fraction of sp³-hybridized carbons (Fsp3) is 0.600. The van der Waals surface area contributed by atoms with E-state index in [1.807, 2.05) is 6.07 Å². The number of benzene rings is 1. The van der Waals surface area contributed by atoms with Gasteiger partial charge in [-0.25, -0.2) is 0 Å². The highest BCUT2D eigenvalue weighted by atomic mass is 79.9. The van der Waals surface area contributed by atoms with Crippen LogP contribution in [0.2, 0.25) is 0 Å². The van der Waals surface area contributed by atoms with E-state index >= 15 is 0 Å². The number of nitrogens with zero attached hydrogens (tertiary/aromatic N) is 1. The Labute approximate surface area is 128 Å². The lowest BCUT2D eigenvalue weighted by Crippen LogP contribution is -2.16. The molecule has 2 atom stereocenters. The van der Waals surface area contributed by atoms with Crippen molar-refractivity contribution in [3.8, 4) is 0 Å². The lowest BCUT2D eigenvalue weighted by Gasteiger charge is -2.26. The van der Waals surface area contributed by atoms with Crippen molar-refractivity contribution in [2.45, 2.75) is 39.0 Å². The minimum atomic E-state index is -0.338. The second-order valence-electron chi connectivity index (χ2n) is 5.77. The van der Waals surface area contributed by atoms with Gasteiger partial charge in [0.05, 0.1) is 4.92 Å². The molecule has 1 fully saturated rings. The molecule has 20 heavy (non-hydrogen) atoms. The van der Waals surface area contributed by atoms with Crippen LogP contribution in [0.4, 0.5) is 11.4 Å². The van der Waals surface area contributed by atoms with Gasteiger partial charge in [-0.05, 0) is 36.8 Å². The molecule has 0 heterocycles. The van der Waals surface area contributed by atoms with Gasteiger partial charge in [-0.15, -0.1) is 0 Å². The van der Waals surface area contributed by atoms with E-state index in [1.54, 1.807) is 12.1 Å². The zero-order chi connectivity index (χ0) is 14.5. The summed E-state index contributed by atoms with van der Waals surface area (Å²) in [5.74, 6) is 1.59. The van der Waals surface area contributed by atoms with Crippen molar-refractivity contribution >= 4 is 27.3 Å². The summed E-state index contributed by atoms with van der Waals surface area (Å²) in [6.07, 6.45) is 6.36. The first-order chi connectivity index (χ1) is 9.56. The smallest absolute Gasteiger partial charge is 0.293 e. The van der Waals surface area contributed by atoms with Gasteiger partial charge in [-0.1, -0.05) is 42.1 Å². The van der Waals surface area contributed by atoms with Gasteiger partial charge in [0.25, 0.3) is 5.69 Å². The second kappa shape index (κ2) is 7.07. The van der Waals surface area contributed by atoms with E-state index in [-0.39, 0.29) is 10.6 Å². The quantitative estimate of drug-likeness (QED) is 0.607. The van der Waals surface area contributed by atoms with E-state index in [1.165, 1.54) is 25.7 Å². The van der Waals surface area contributed by atoms with Gasteiger partial charge in [-0.2, -0.15) is 0 Å². The molecule has 1 aromatic carbocycles. The second-order valence-corrected chi connectivity index (χ2v) is 6.69. The largest absolute Gasteiger partial charge is 0.379 e. The molecule has 0 radical (unpaired) electrons. The maximum absolute atomic E-state index is 11.0. The van der Waals surface area contributed by atoms with Gasteiger partial charge in [0.1, 0.15) is 5.69 Å². The molecule has 0 amide bonds. The van der Waals surface area contributed by atoms with Crippen molar-refractivity contribution in [3.05, 3.63) is 32.8 Å². The van der Waals surface area contributed by atoms with E-state index in [4.69, 9.17) is 0 Å². The van der Waals surface area contributed by atoms with Crippen LogP contribution in [0.1, 0.15) is 39.0 Å². The highest BCUT2D eigenvalue weighted by molar-refractivity contribution is 9.10. The fourth-order valence-corrected chi connectivity index (χ4v) is 3.39. The van der Waals surface area contributed by atoms with Crippen LogP contribution in [0.15, 0.2) is 22.7 Å².